The normalized spacial score (nSPS) is 12.1. The van der Waals surface area contributed by atoms with Gasteiger partial charge in [0, 0.05) is 17.9 Å². The molecule has 0 aliphatic heterocycles. The van der Waals surface area contributed by atoms with Gasteiger partial charge in [-0.25, -0.2) is 0 Å². The van der Waals surface area contributed by atoms with Crippen molar-refractivity contribution in [1.29, 1.82) is 0 Å². The Morgan fingerprint density at radius 1 is 1.08 bits per heavy atom. The number of fused-ring (bicyclic) bond motifs is 1. The third kappa shape index (κ3) is 4.07. The van der Waals surface area contributed by atoms with Crippen molar-refractivity contribution in [1.82, 2.24) is 0 Å². The summed E-state index contributed by atoms with van der Waals surface area (Å²) in [4.78, 5) is 11.5. The lowest BCUT2D eigenvalue weighted by Crippen LogP contribution is -2.10. The third-order valence-electron chi connectivity index (χ3n) is 4.71. The molecular formula is C22H24O4. The van der Waals surface area contributed by atoms with E-state index >= 15 is 0 Å². The van der Waals surface area contributed by atoms with Crippen LogP contribution >= 0.6 is 0 Å². The number of ether oxygens (including phenoxy) is 2. The largest absolute Gasteiger partial charge is 0.497 e. The topological polar surface area (TPSA) is 48.7 Å². The van der Waals surface area contributed by atoms with E-state index in [4.69, 9.17) is 13.9 Å². The summed E-state index contributed by atoms with van der Waals surface area (Å²) in [5.74, 6) is 1.61. The van der Waals surface area contributed by atoms with Crippen LogP contribution in [0.15, 0.2) is 53.1 Å². The third-order valence-corrected chi connectivity index (χ3v) is 4.71. The van der Waals surface area contributed by atoms with Crippen LogP contribution in [-0.4, -0.2) is 13.1 Å². The number of furan rings is 1. The molecule has 1 heterocycles. The smallest absolute Gasteiger partial charge is 0.308 e. The molecule has 136 valence electrons. The van der Waals surface area contributed by atoms with Crippen LogP contribution in [0.1, 0.15) is 31.4 Å². The highest BCUT2D eigenvalue weighted by molar-refractivity contribution is 5.84. The molecule has 3 aromatic rings. The van der Waals surface area contributed by atoms with Crippen molar-refractivity contribution in [3.8, 4) is 11.5 Å². The van der Waals surface area contributed by atoms with Crippen molar-refractivity contribution in [3.63, 3.8) is 0 Å². The van der Waals surface area contributed by atoms with E-state index < -0.39 is 0 Å². The molecule has 0 saturated carbocycles. The van der Waals surface area contributed by atoms with Crippen LogP contribution < -0.4 is 9.47 Å². The summed E-state index contributed by atoms with van der Waals surface area (Å²) in [6.45, 7) is 3.62. The second kappa shape index (κ2) is 8.09. The van der Waals surface area contributed by atoms with Crippen molar-refractivity contribution >= 4 is 16.9 Å². The number of hydrogen-bond acceptors (Lipinski definition) is 4. The van der Waals surface area contributed by atoms with Crippen LogP contribution in [0.2, 0.25) is 0 Å². The predicted octanol–water partition coefficient (Wildman–Crippen LogP) is 5.18. The maximum atomic E-state index is 11.5. The Kier molecular flexibility index (Phi) is 5.61. The zero-order valence-corrected chi connectivity index (χ0v) is 15.5. The van der Waals surface area contributed by atoms with Gasteiger partial charge < -0.3 is 13.9 Å². The second-order valence-corrected chi connectivity index (χ2v) is 6.50. The Bertz CT molecular complexity index is 877. The number of carbonyl (C=O) groups excluding carboxylic acids is 1. The molecule has 0 bridgehead atoms. The highest BCUT2D eigenvalue weighted by atomic mass is 16.5. The lowest BCUT2D eigenvalue weighted by molar-refractivity contribution is -0.131. The molecule has 4 nitrogen and oxygen atoms in total. The molecule has 4 heteroatoms. The molecule has 0 radical (unpaired) electrons. The molecule has 0 N–H and O–H groups in total. The number of carbonyl (C=O) groups is 1. The van der Waals surface area contributed by atoms with Crippen molar-refractivity contribution in [2.45, 2.75) is 33.1 Å². The van der Waals surface area contributed by atoms with Gasteiger partial charge in [-0.2, -0.15) is 0 Å². The van der Waals surface area contributed by atoms with Gasteiger partial charge in [0.2, 0.25) is 0 Å². The Labute approximate surface area is 153 Å². The molecule has 2 aromatic carbocycles. The summed E-state index contributed by atoms with van der Waals surface area (Å²) in [6, 6.07) is 13.8. The molecular weight excluding hydrogens is 328 g/mol. The molecule has 1 unspecified atom stereocenters. The number of benzene rings is 2. The zero-order valence-electron chi connectivity index (χ0n) is 15.5. The molecule has 26 heavy (non-hydrogen) atoms. The zero-order chi connectivity index (χ0) is 18.5. The van der Waals surface area contributed by atoms with Gasteiger partial charge in [-0.1, -0.05) is 25.5 Å². The van der Waals surface area contributed by atoms with Crippen molar-refractivity contribution in [2.24, 2.45) is 5.92 Å². The van der Waals surface area contributed by atoms with Crippen LogP contribution in [0.4, 0.5) is 0 Å². The fourth-order valence-corrected chi connectivity index (χ4v) is 3.29. The van der Waals surface area contributed by atoms with E-state index in [9.17, 15) is 4.79 Å². The fourth-order valence-electron chi connectivity index (χ4n) is 3.29. The van der Waals surface area contributed by atoms with E-state index in [-0.39, 0.29) is 5.97 Å². The molecule has 0 saturated heterocycles. The molecule has 1 atom stereocenters. The van der Waals surface area contributed by atoms with Gasteiger partial charge in [0.1, 0.15) is 17.1 Å². The number of esters is 1. The molecule has 0 aliphatic carbocycles. The van der Waals surface area contributed by atoms with Crippen molar-refractivity contribution < 1.29 is 18.7 Å². The lowest BCUT2D eigenvalue weighted by Gasteiger charge is -2.18. The first-order valence-corrected chi connectivity index (χ1v) is 8.91. The van der Waals surface area contributed by atoms with E-state index in [0.717, 1.165) is 41.5 Å². The van der Waals surface area contributed by atoms with Crippen LogP contribution in [0.25, 0.3) is 11.0 Å². The molecule has 0 spiro atoms. The average Bonchev–Trinajstić information content (AvgIpc) is 3.12. The van der Waals surface area contributed by atoms with E-state index in [2.05, 4.69) is 19.1 Å². The van der Waals surface area contributed by atoms with Gasteiger partial charge in [-0.15, -0.1) is 0 Å². The Hall–Kier alpha value is -2.75. The van der Waals surface area contributed by atoms with Gasteiger partial charge in [-0.05, 0) is 54.7 Å². The number of hydrogen-bond donors (Lipinski definition) is 0. The van der Waals surface area contributed by atoms with Crippen molar-refractivity contribution in [2.75, 3.05) is 7.11 Å². The Morgan fingerprint density at radius 2 is 1.85 bits per heavy atom. The van der Waals surface area contributed by atoms with E-state index in [1.807, 2.05) is 30.3 Å². The number of rotatable bonds is 7. The van der Waals surface area contributed by atoms with Crippen LogP contribution in [0.5, 0.6) is 11.5 Å². The molecule has 3 rings (SSSR count). The summed E-state index contributed by atoms with van der Waals surface area (Å²) < 4.78 is 16.2. The van der Waals surface area contributed by atoms with Crippen LogP contribution in [0.3, 0.4) is 0 Å². The lowest BCUT2D eigenvalue weighted by atomic mass is 9.89. The molecule has 0 amide bonds. The van der Waals surface area contributed by atoms with Gasteiger partial charge in [0.05, 0.1) is 13.4 Å². The quantitative estimate of drug-likeness (QED) is 0.434. The van der Waals surface area contributed by atoms with Gasteiger partial charge in [0.25, 0.3) is 0 Å². The summed E-state index contributed by atoms with van der Waals surface area (Å²) in [5.41, 5.74) is 3.12. The molecule has 0 fully saturated rings. The standard InChI is InChI=1S/C22H24O4/c1-4-16(13-17-5-7-18(24-3)8-6-17)14-20-19-11-12-25-21(19)9-10-22(20)26-15(2)23/h5-12,16H,4,13-14H2,1-3H3. The maximum Gasteiger partial charge on any atom is 0.308 e. The minimum absolute atomic E-state index is 0.308. The highest BCUT2D eigenvalue weighted by Gasteiger charge is 2.17. The monoisotopic (exact) mass is 352 g/mol. The summed E-state index contributed by atoms with van der Waals surface area (Å²) in [5, 5.41) is 1.01. The maximum absolute atomic E-state index is 11.5. The molecule has 1 aromatic heterocycles. The fraction of sp³-hybridized carbons (Fsp3) is 0.318. The summed E-state index contributed by atoms with van der Waals surface area (Å²) >= 11 is 0. The highest BCUT2D eigenvalue weighted by Crippen LogP contribution is 2.33. The first kappa shape index (κ1) is 18.1. The minimum atomic E-state index is -0.308. The summed E-state index contributed by atoms with van der Waals surface area (Å²) in [7, 11) is 1.67. The first-order chi connectivity index (χ1) is 12.6. The van der Waals surface area contributed by atoms with Gasteiger partial charge >= 0.3 is 5.97 Å². The average molecular weight is 352 g/mol. The van der Waals surface area contributed by atoms with E-state index in [1.165, 1.54) is 12.5 Å². The van der Waals surface area contributed by atoms with Crippen molar-refractivity contribution in [3.05, 3.63) is 59.9 Å². The minimum Gasteiger partial charge on any atom is -0.497 e. The predicted molar refractivity (Wildman–Crippen MR) is 102 cm³/mol. The van der Waals surface area contributed by atoms with Crippen LogP contribution in [0, 0.1) is 5.92 Å². The van der Waals surface area contributed by atoms with E-state index in [0.29, 0.717) is 11.7 Å². The van der Waals surface area contributed by atoms with Gasteiger partial charge in [-0.3, -0.25) is 4.79 Å². The Morgan fingerprint density at radius 3 is 2.50 bits per heavy atom. The SMILES string of the molecule is CCC(Cc1ccc(OC)cc1)Cc1c(OC(C)=O)ccc2occc12. The van der Waals surface area contributed by atoms with E-state index in [1.54, 1.807) is 13.4 Å². The molecule has 0 aliphatic rings. The first-order valence-electron chi connectivity index (χ1n) is 8.91. The number of methoxy groups -OCH3 is 1. The van der Waals surface area contributed by atoms with Gasteiger partial charge in [0.15, 0.2) is 0 Å². The summed E-state index contributed by atoms with van der Waals surface area (Å²) in [6.07, 6.45) is 4.48. The Balaban J connectivity index is 1.86. The van der Waals surface area contributed by atoms with Crippen LogP contribution in [-0.2, 0) is 17.6 Å². The second-order valence-electron chi connectivity index (χ2n) is 6.50.